The van der Waals surface area contributed by atoms with Crippen molar-refractivity contribution in [3.05, 3.63) is 33.3 Å². The van der Waals surface area contributed by atoms with Crippen LogP contribution >= 0.6 is 35.4 Å². The van der Waals surface area contributed by atoms with Gasteiger partial charge in [-0.15, -0.1) is 0 Å². The van der Waals surface area contributed by atoms with Crippen LogP contribution in [0.2, 0.25) is 10.0 Å². The summed E-state index contributed by atoms with van der Waals surface area (Å²) in [5.41, 5.74) is 0.184. The van der Waals surface area contributed by atoms with E-state index in [0.29, 0.717) is 5.56 Å². The minimum absolute atomic E-state index is 0.0269. The van der Waals surface area contributed by atoms with Crippen molar-refractivity contribution >= 4 is 46.8 Å². The molecule has 0 aromatic heterocycles. The highest BCUT2D eigenvalue weighted by Crippen LogP contribution is 2.28. The van der Waals surface area contributed by atoms with Crippen molar-refractivity contribution in [1.82, 2.24) is 0 Å². The summed E-state index contributed by atoms with van der Waals surface area (Å²) in [4.78, 5) is 10.7. The molecule has 1 atom stereocenters. The highest BCUT2D eigenvalue weighted by atomic mass is 35.5. The minimum atomic E-state index is -1.21. The maximum Gasteiger partial charge on any atom is 0.338 e. The van der Waals surface area contributed by atoms with E-state index in [9.17, 15) is 9.90 Å². The first-order chi connectivity index (χ1) is 6.97. The number of aliphatic hydroxyl groups is 1. The lowest BCUT2D eigenvalue weighted by atomic mass is 10.1. The van der Waals surface area contributed by atoms with Crippen molar-refractivity contribution in [2.45, 2.75) is 6.10 Å². The second-order valence-electron chi connectivity index (χ2n) is 2.75. The molecule has 0 fully saturated rings. The molecule has 0 saturated heterocycles. The number of hydrogen-bond acceptors (Lipinski definition) is 3. The summed E-state index contributed by atoms with van der Waals surface area (Å²) in [6, 6.07) is 2.65. The molecule has 0 aliphatic rings. The molecule has 0 spiro atoms. The number of carboxylic acid groups (broad SMARTS) is 1. The lowest BCUT2D eigenvalue weighted by Crippen LogP contribution is -2.03. The first kappa shape index (κ1) is 12.4. The molecule has 15 heavy (non-hydrogen) atoms. The Morgan fingerprint density at radius 2 is 1.87 bits per heavy atom. The van der Waals surface area contributed by atoms with Crippen molar-refractivity contribution in [2.24, 2.45) is 0 Å². The van der Waals surface area contributed by atoms with Gasteiger partial charge >= 0.3 is 5.97 Å². The molecule has 0 radical (unpaired) electrons. The second-order valence-corrected chi connectivity index (χ2v) is 3.83. The molecule has 2 N–H and O–H groups in total. The maximum absolute atomic E-state index is 10.7. The molecular weight excluding hydrogens is 259 g/mol. The van der Waals surface area contributed by atoms with Gasteiger partial charge in [-0.05, 0) is 17.7 Å². The summed E-state index contributed by atoms with van der Waals surface area (Å²) < 4.78 is 0. The first-order valence-corrected chi connectivity index (χ1v) is 5.05. The van der Waals surface area contributed by atoms with E-state index in [1.165, 1.54) is 12.1 Å². The molecule has 1 aromatic rings. The summed E-state index contributed by atoms with van der Waals surface area (Å²) in [6.07, 6.45) is -0.988. The highest BCUT2D eigenvalue weighted by molar-refractivity contribution is 7.79. The van der Waals surface area contributed by atoms with Crippen LogP contribution in [0.3, 0.4) is 0 Å². The summed E-state index contributed by atoms with van der Waals surface area (Å²) >= 11 is 16.0. The zero-order valence-electron chi connectivity index (χ0n) is 7.28. The molecule has 0 bridgehead atoms. The van der Waals surface area contributed by atoms with Crippen LogP contribution < -0.4 is 0 Å². The van der Waals surface area contributed by atoms with Gasteiger partial charge in [0.1, 0.15) is 6.10 Å². The summed E-state index contributed by atoms with van der Waals surface area (Å²) in [5.74, 6) is -1.21. The zero-order valence-corrected chi connectivity index (χ0v) is 9.60. The molecule has 0 aliphatic carbocycles. The molecular formula is C9H6Cl2O3S. The van der Waals surface area contributed by atoms with Gasteiger partial charge in [0.25, 0.3) is 0 Å². The lowest BCUT2D eigenvalue weighted by Gasteiger charge is -2.08. The van der Waals surface area contributed by atoms with Crippen molar-refractivity contribution < 1.29 is 15.0 Å². The van der Waals surface area contributed by atoms with Crippen LogP contribution in [-0.2, 0) is 0 Å². The van der Waals surface area contributed by atoms with E-state index in [2.05, 4.69) is 12.2 Å². The van der Waals surface area contributed by atoms with E-state index < -0.39 is 12.1 Å². The molecule has 80 valence electrons. The van der Waals surface area contributed by atoms with Crippen LogP contribution in [-0.4, -0.2) is 21.5 Å². The van der Waals surface area contributed by atoms with E-state index in [4.69, 9.17) is 28.3 Å². The monoisotopic (exact) mass is 264 g/mol. The van der Waals surface area contributed by atoms with Crippen molar-refractivity contribution in [1.29, 1.82) is 0 Å². The van der Waals surface area contributed by atoms with Gasteiger partial charge in [0.2, 0.25) is 0 Å². The van der Waals surface area contributed by atoms with Gasteiger partial charge in [0.05, 0.1) is 15.6 Å². The molecule has 1 rings (SSSR count). The second kappa shape index (κ2) is 4.90. The molecule has 0 saturated carbocycles. The van der Waals surface area contributed by atoms with E-state index in [0.717, 1.165) is 5.37 Å². The SMILES string of the molecule is O=C(O)c1c(Cl)cc(C(O)C=S)cc1Cl. The lowest BCUT2D eigenvalue weighted by molar-refractivity contribution is 0.0697. The average molecular weight is 265 g/mol. The van der Waals surface area contributed by atoms with Gasteiger partial charge in [0.15, 0.2) is 0 Å². The third-order valence-corrected chi connectivity index (χ3v) is 2.60. The Kier molecular flexibility index (Phi) is 4.04. The quantitative estimate of drug-likeness (QED) is 0.825. The van der Waals surface area contributed by atoms with Gasteiger partial charge in [-0.1, -0.05) is 35.4 Å². The number of carboxylic acids is 1. The highest BCUT2D eigenvalue weighted by Gasteiger charge is 2.16. The van der Waals surface area contributed by atoms with Crippen LogP contribution in [0.4, 0.5) is 0 Å². The molecule has 0 amide bonds. The van der Waals surface area contributed by atoms with Crippen LogP contribution in [0, 0.1) is 0 Å². The fourth-order valence-corrected chi connectivity index (χ4v) is 1.87. The number of aliphatic hydroxyl groups excluding tert-OH is 1. The van der Waals surface area contributed by atoms with Crippen LogP contribution in [0.25, 0.3) is 0 Å². The summed E-state index contributed by atoms with van der Waals surface area (Å²) in [7, 11) is 0. The smallest absolute Gasteiger partial charge is 0.338 e. The number of halogens is 2. The molecule has 1 unspecified atom stereocenters. The number of rotatable bonds is 3. The molecule has 3 nitrogen and oxygen atoms in total. The van der Waals surface area contributed by atoms with Crippen LogP contribution in [0.5, 0.6) is 0 Å². The Balaban J connectivity index is 3.31. The van der Waals surface area contributed by atoms with Crippen LogP contribution in [0.15, 0.2) is 12.1 Å². The Labute approximate surface area is 101 Å². The third kappa shape index (κ3) is 2.66. The van der Waals surface area contributed by atoms with Crippen molar-refractivity contribution in [2.75, 3.05) is 0 Å². The Morgan fingerprint density at radius 1 is 1.40 bits per heavy atom. The van der Waals surface area contributed by atoms with Gasteiger partial charge in [-0.3, -0.25) is 0 Å². The Morgan fingerprint density at radius 3 is 2.20 bits per heavy atom. The van der Waals surface area contributed by atoms with Crippen molar-refractivity contribution in [3.8, 4) is 0 Å². The van der Waals surface area contributed by atoms with Gasteiger partial charge in [-0.2, -0.15) is 0 Å². The average Bonchev–Trinajstić information content (AvgIpc) is 2.14. The normalized spacial score (nSPS) is 12.2. The Bertz CT molecular complexity index is 397. The molecule has 1 aromatic carbocycles. The van der Waals surface area contributed by atoms with E-state index in [-0.39, 0.29) is 15.6 Å². The maximum atomic E-state index is 10.7. The standard InChI is InChI=1S/C9H6Cl2O3S/c10-5-1-4(7(12)3-15)2-6(11)8(5)9(13)14/h1-3,7,12H,(H,13,14). The van der Waals surface area contributed by atoms with Crippen molar-refractivity contribution in [3.63, 3.8) is 0 Å². The topological polar surface area (TPSA) is 57.5 Å². The van der Waals surface area contributed by atoms with E-state index in [1.807, 2.05) is 0 Å². The predicted octanol–water partition coefficient (Wildman–Crippen LogP) is 2.72. The molecule has 0 heterocycles. The van der Waals surface area contributed by atoms with E-state index >= 15 is 0 Å². The van der Waals surface area contributed by atoms with Crippen LogP contribution in [0.1, 0.15) is 22.0 Å². The third-order valence-electron chi connectivity index (χ3n) is 1.75. The fourth-order valence-electron chi connectivity index (χ4n) is 1.05. The van der Waals surface area contributed by atoms with Gasteiger partial charge in [-0.25, -0.2) is 4.79 Å². The number of benzene rings is 1. The number of aromatic carboxylic acids is 1. The van der Waals surface area contributed by atoms with Gasteiger partial charge < -0.3 is 10.2 Å². The summed E-state index contributed by atoms with van der Waals surface area (Å²) in [5, 5.41) is 19.2. The molecule has 6 heteroatoms. The summed E-state index contributed by atoms with van der Waals surface area (Å²) in [6.45, 7) is 0. The number of carbonyl (C=O) groups is 1. The number of hydrogen-bond donors (Lipinski definition) is 2. The largest absolute Gasteiger partial charge is 0.478 e. The number of thiocarbonyl (C=S) groups is 1. The first-order valence-electron chi connectivity index (χ1n) is 3.83. The van der Waals surface area contributed by atoms with E-state index in [1.54, 1.807) is 0 Å². The zero-order chi connectivity index (χ0) is 11.6. The van der Waals surface area contributed by atoms with Gasteiger partial charge in [0, 0.05) is 5.37 Å². The molecule has 0 aliphatic heterocycles. The fraction of sp³-hybridized carbons (Fsp3) is 0.111. The Hall–Kier alpha value is -0.680. The predicted molar refractivity (Wildman–Crippen MR) is 62.0 cm³/mol. The minimum Gasteiger partial charge on any atom is -0.478 e.